The minimum absolute atomic E-state index is 0.373. The number of carbonyl (C=O) groups excluding carboxylic acids is 1. The minimum Gasteiger partial charge on any atom is -0.465 e. The van der Waals surface area contributed by atoms with Gasteiger partial charge in [0.05, 0.1) is 29.3 Å². The molecule has 0 aliphatic carbocycles. The number of fused-ring (bicyclic) bond motifs is 1. The fraction of sp³-hybridized carbons (Fsp3) is 0.0455. The molecule has 0 atom stereocenters. The van der Waals surface area contributed by atoms with E-state index in [2.05, 4.69) is 16.0 Å². The molecule has 0 radical (unpaired) electrons. The van der Waals surface area contributed by atoms with Crippen molar-refractivity contribution in [1.29, 1.82) is 5.26 Å². The Labute approximate surface area is 160 Å². The average molecular weight is 369 g/mol. The number of hydrogen-bond donors (Lipinski definition) is 1. The predicted octanol–water partition coefficient (Wildman–Crippen LogP) is 4.67. The lowest BCUT2D eigenvalue weighted by Crippen LogP contribution is -2.00. The number of imidazole rings is 1. The number of nitrogens with zero attached hydrogens (tertiary/aromatic N) is 2. The van der Waals surface area contributed by atoms with Crippen molar-refractivity contribution in [3.63, 3.8) is 0 Å². The average Bonchev–Trinajstić information content (AvgIpc) is 3.38. The molecule has 0 saturated carbocycles. The number of allylic oxidation sites excluding steroid dienone is 1. The van der Waals surface area contributed by atoms with Crippen LogP contribution in [0.1, 0.15) is 21.9 Å². The fourth-order valence-corrected chi connectivity index (χ4v) is 2.85. The van der Waals surface area contributed by atoms with E-state index in [1.54, 1.807) is 36.4 Å². The molecule has 1 N–H and O–H groups in total. The summed E-state index contributed by atoms with van der Waals surface area (Å²) in [7, 11) is 1.34. The molecule has 2 heterocycles. The summed E-state index contributed by atoms with van der Waals surface area (Å²) in [5.74, 6) is 1.26. The van der Waals surface area contributed by atoms with Crippen LogP contribution in [0.4, 0.5) is 0 Å². The van der Waals surface area contributed by atoms with Crippen LogP contribution >= 0.6 is 0 Å². The highest BCUT2D eigenvalue weighted by atomic mass is 16.5. The molecule has 0 amide bonds. The Morgan fingerprint density at radius 2 is 1.93 bits per heavy atom. The van der Waals surface area contributed by atoms with E-state index in [9.17, 15) is 10.1 Å². The van der Waals surface area contributed by atoms with Gasteiger partial charge in [0.25, 0.3) is 0 Å². The van der Waals surface area contributed by atoms with Crippen molar-refractivity contribution < 1.29 is 13.9 Å². The van der Waals surface area contributed by atoms with Crippen molar-refractivity contribution >= 4 is 28.7 Å². The van der Waals surface area contributed by atoms with E-state index in [1.165, 1.54) is 7.11 Å². The number of benzene rings is 2. The normalized spacial score (nSPS) is 11.4. The number of ether oxygens (including phenoxy) is 1. The molecule has 0 aliphatic heterocycles. The molecule has 2 aromatic carbocycles. The van der Waals surface area contributed by atoms with Crippen molar-refractivity contribution in [2.24, 2.45) is 0 Å². The van der Waals surface area contributed by atoms with Gasteiger partial charge in [-0.3, -0.25) is 0 Å². The molecular weight excluding hydrogens is 354 g/mol. The third-order valence-electron chi connectivity index (χ3n) is 4.27. The maximum absolute atomic E-state index is 11.5. The fourth-order valence-electron chi connectivity index (χ4n) is 2.85. The zero-order chi connectivity index (χ0) is 19.5. The van der Waals surface area contributed by atoms with Gasteiger partial charge in [0.2, 0.25) is 0 Å². The Bertz CT molecular complexity index is 1190. The summed E-state index contributed by atoms with van der Waals surface area (Å²) < 4.78 is 10.5. The first-order valence-electron chi connectivity index (χ1n) is 8.53. The SMILES string of the molecule is COC(=O)c1ccc(-c2ccc(/C=C(\C#N)c3nc4ccccc4[nH]3)o2)cc1. The van der Waals surface area contributed by atoms with Gasteiger partial charge in [0.1, 0.15) is 23.4 Å². The van der Waals surface area contributed by atoms with Crippen molar-refractivity contribution in [3.05, 3.63) is 77.8 Å². The van der Waals surface area contributed by atoms with Crippen LogP contribution in [0.15, 0.2) is 65.1 Å². The topological polar surface area (TPSA) is 91.9 Å². The van der Waals surface area contributed by atoms with E-state index >= 15 is 0 Å². The van der Waals surface area contributed by atoms with Gasteiger partial charge in [-0.05, 0) is 36.4 Å². The summed E-state index contributed by atoms with van der Waals surface area (Å²) >= 11 is 0. The second-order valence-corrected chi connectivity index (χ2v) is 6.04. The molecular formula is C22H15N3O3. The number of rotatable bonds is 4. The summed E-state index contributed by atoms with van der Waals surface area (Å²) in [6.45, 7) is 0. The lowest BCUT2D eigenvalue weighted by atomic mass is 10.1. The lowest BCUT2D eigenvalue weighted by Gasteiger charge is -2.00. The van der Waals surface area contributed by atoms with E-state index < -0.39 is 0 Å². The molecule has 0 spiro atoms. The quantitative estimate of drug-likeness (QED) is 0.417. The molecule has 2 aromatic heterocycles. The monoisotopic (exact) mass is 369 g/mol. The Hall–Kier alpha value is -4.11. The largest absolute Gasteiger partial charge is 0.465 e. The van der Waals surface area contributed by atoms with Gasteiger partial charge in [0.15, 0.2) is 0 Å². The molecule has 6 heteroatoms. The number of esters is 1. The van der Waals surface area contributed by atoms with Crippen molar-refractivity contribution in [1.82, 2.24) is 9.97 Å². The van der Waals surface area contributed by atoms with Crippen LogP contribution in [0.3, 0.4) is 0 Å². The van der Waals surface area contributed by atoms with E-state index in [1.807, 2.05) is 30.3 Å². The molecule has 28 heavy (non-hydrogen) atoms. The van der Waals surface area contributed by atoms with Crippen LogP contribution in [0.2, 0.25) is 0 Å². The van der Waals surface area contributed by atoms with Gasteiger partial charge in [-0.25, -0.2) is 9.78 Å². The maximum atomic E-state index is 11.5. The molecule has 0 aliphatic rings. The van der Waals surface area contributed by atoms with Crippen LogP contribution in [-0.2, 0) is 4.74 Å². The van der Waals surface area contributed by atoms with Gasteiger partial charge in [0, 0.05) is 11.6 Å². The predicted molar refractivity (Wildman–Crippen MR) is 105 cm³/mol. The molecule has 6 nitrogen and oxygen atoms in total. The minimum atomic E-state index is -0.390. The molecule has 0 saturated heterocycles. The van der Waals surface area contributed by atoms with Gasteiger partial charge in [-0.2, -0.15) is 5.26 Å². The van der Waals surface area contributed by atoms with Gasteiger partial charge in [-0.1, -0.05) is 24.3 Å². The van der Waals surface area contributed by atoms with Crippen LogP contribution < -0.4 is 0 Å². The number of H-pyrrole nitrogens is 1. The number of nitrogens with one attached hydrogen (secondary N) is 1. The Kier molecular flexibility index (Phi) is 4.48. The number of nitriles is 1. The van der Waals surface area contributed by atoms with E-state index in [4.69, 9.17) is 9.15 Å². The number of aromatic nitrogens is 2. The third-order valence-corrected chi connectivity index (χ3v) is 4.27. The highest BCUT2D eigenvalue weighted by Gasteiger charge is 2.11. The molecule has 136 valence electrons. The van der Waals surface area contributed by atoms with Crippen LogP contribution in [0.5, 0.6) is 0 Å². The van der Waals surface area contributed by atoms with E-state index in [-0.39, 0.29) is 5.97 Å². The first-order chi connectivity index (χ1) is 13.7. The van der Waals surface area contributed by atoms with Crippen LogP contribution in [0.25, 0.3) is 34.0 Å². The van der Waals surface area contributed by atoms with Gasteiger partial charge < -0.3 is 14.1 Å². The first-order valence-corrected chi connectivity index (χ1v) is 8.53. The zero-order valence-electron chi connectivity index (χ0n) is 15.0. The summed E-state index contributed by atoms with van der Waals surface area (Å²) in [5, 5.41) is 9.53. The Morgan fingerprint density at radius 1 is 1.14 bits per heavy atom. The molecule has 0 fully saturated rings. The standard InChI is InChI=1S/C22H15N3O3/c1-27-22(26)15-8-6-14(7-9-15)20-11-10-17(28-20)12-16(13-23)21-24-18-4-2-3-5-19(18)25-21/h2-12H,1H3,(H,24,25)/b16-12+. The van der Waals surface area contributed by atoms with Crippen molar-refractivity contribution in [3.8, 4) is 17.4 Å². The second kappa shape index (κ2) is 7.25. The number of hydrogen-bond acceptors (Lipinski definition) is 5. The molecule has 4 rings (SSSR count). The van der Waals surface area contributed by atoms with E-state index in [0.29, 0.717) is 28.5 Å². The lowest BCUT2D eigenvalue weighted by molar-refractivity contribution is 0.0600. The van der Waals surface area contributed by atoms with Gasteiger partial charge >= 0.3 is 5.97 Å². The summed E-state index contributed by atoms with van der Waals surface area (Å²) in [4.78, 5) is 19.1. The molecule has 0 unspecified atom stereocenters. The van der Waals surface area contributed by atoms with E-state index in [0.717, 1.165) is 16.6 Å². The number of furan rings is 1. The number of carbonyl (C=O) groups is 1. The number of aromatic amines is 1. The highest BCUT2D eigenvalue weighted by Crippen LogP contribution is 2.25. The summed E-state index contributed by atoms with van der Waals surface area (Å²) in [6.07, 6.45) is 1.64. The highest BCUT2D eigenvalue weighted by molar-refractivity contribution is 5.90. The smallest absolute Gasteiger partial charge is 0.337 e. The van der Waals surface area contributed by atoms with Crippen molar-refractivity contribution in [2.45, 2.75) is 0 Å². The number of methoxy groups -OCH3 is 1. The maximum Gasteiger partial charge on any atom is 0.337 e. The zero-order valence-corrected chi connectivity index (χ0v) is 15.0. The number of para-hydroxylation sites is 2. The first kappa shape index (κ1) is 17.3. The third kappa shape index (κ3) is 3.29. The van der Waals surface area contributed by atoms with Crippen molar-refractivity contribution in [2.75, 3.05) is 7.11 Å². The summed E-state index contributed by atoms with van der Waals surface area (Å²) in [6, 6.07) is 20.3. The Morgan fingerprint density at radius 3 is 2.64 bits per heavy atom. The second-order valence-electron chi connectivity index (χ2n) is 6.04. The Balaban J connectivity index is 1.62. The molecule has 0 bridgehead atoms. The van der Waals surface area contributed by atoms with Crippen LogP contribution in [-0.4, -0.2) is 23.0 Å². The van der Waals surface area contributed by atoms with Crippen LogP contribution in [0, 0.1) is 11.3 Å². The summed E-state index contributed by atoms with van der Waals surface area (Å²) in [5.41, 5.74) is 3.32. The molecule has 4 aromatic rings. The van der Waals surface area contributed by atoms with Gasteiger partial charge in [-0.15, -0.1) is 0 Å².